The standard InChI is InChI=1S/C13H19F2NO4/c1-12(2,3)20-11(18)16-6-5-9(7-10(17)19-4)13(14,15)8-16/h7H,5-6,8H2,1-4H3. The van der Waals surface area contributed by atoms with Crippen LogP contribution < -0.4 is 0 Å². The van der Waals surface area contributed by atoms with Crippen LogP contribution in [-0.4, -0.2) is 48.7 Å². The first-order valence-corrected chi connectivity index (χ1v) is 6.20. The molecular weight excluding hydrogens is 272 g/mol. The molecular formula is C13H19F2NO4. The van der Waals surface area contributed by atoms with Gasteiger partial charge in [0.05, 0.1) is 13.7 Å². The minimum absolute atomic E-state index is 0.0767. The number of piperidine rings is 1. The molecule has 114 valence electrons. The van der Waals surface area contributed by atoms with Gasteiger partial charge in [-0.1, -0.05) is 0 Å². The van der Waals surface area contributed by atoms with E-state index < -0.39 is 30.1 Å². The Bertz CT molecular complexity index is 427. The van der Waals surface area contributed by atoms with Crippen LogP contribution in [0, 0.1) is 0 Å². The molecule has 0 aliphatic carbocycles. The van der Waals surface area contributed by atoms with Gasteiger partial charge in [-0.05, 0) is 27.2 Å². The number of alkyl halides is 2. The molecule has 0 aromatic rings. The number of hydrogen-bond donors (Lipinski definition) is 0. The lowest BCUT2D eigenvalue weighted by atomic mass is 10.00. The monoisotopic (exact) mass is 291 g/mol. The highest BCUT2D eigenvalue weighted by Crippen LogP contribution is 2.32. The summed E-state index contributed by atoms with van der Waals surface area (Å²) in [5.41, 5.74) is -1.07. The van der Waals surface area contributed by atoms with Gasteiger partial charge in [0.25, 0.3) is 5.92 Å². The average Bonchev–Trinajstić information content (AvgIpc) is 2.28. The second kappa shape index (κ2) is 5.76. The van der Waals surface area contributed by atoms with E-state index in [2.05, 4.69) is 4.74 Å². The Hall–Kier alpha value is -1.66. The number of amides is 1. The van der Waals surface area contributed by atoms with E-state index in [0.717, 1.165) is 18.1 Å². The number of likely N-dealkylation sites (tertiary alicyclic amines) is 1. The number of carbonyl (C=O) groups excluding carboxylic acids is 2. The van der Waals surface area contributed by atoms with Gasteiger partial charge in [-0.25, -0.2) is 9.59 Å². The molecule has 1 aliphatic rings. The fourth-order valence-electron chi connectivity index (χ4n) is 1.72. The second-order valence-electron chi connectivity index (χ2n) is 5.55. The van der Waals surface area contributed by atoms with Crippen LogP contribution in [0.5, 0.6) is 0 Å². The van der Waals surface area contributed by atoms with Crippen molar-refractivity contribution >= 4 is 12.1 Å². The number of nitrogens with zero attached hydrogens (tertiary/aromatic N) is 1. The Kier molecular flexibility index (Phi) is 4.73. The van der Waals surface area contributed by atoms with Crippen LogP contribution in [0.3, 0.4) is 0 Å². The minimum Gasteiger partial charge on any atom is -0.466 e. The van der Waals surface area contributed by atoms with Crippen molar-refractivity contribution in [2.75, 3.05) is 20.2 Å². The van der Waals surface area contributed by atoms with Gasteiger partial charge in [0.2, 0.25) is 0 Å². The van der Waals surface area contributed by atoms with E-state index in [4.69, 9.17) is 4.74 Å². The first kappa shape index (κ1) is 16.4. The van der Waals surface area contributed by atoms with E-state index in [1.807, 2.05) is 0 Å². The fraction of sp³-hybridized carbons (Fsp3) is 0.692. The number of ether oxygens (including phenoxy) is 2. The highest BCUT2D eigenvalue weighted by molar-refractivity contribution is 5.83. The Morgan fingerprint density at radius 1 is 1.35 bits per heavy atom. The first-order chi connectivity index (χ1) is 9.05. The Labute approximate surface area is 116 Å². The molecule has 1 rings (SSSR count). The van der Waals surface area contributed by atoms with Crippen molar-refractivity contribution in [3.63, 3.8) is 0 Å². The summed E-state index contributed by atoms with van der Waals surface area (Å²) in [5.74, 6) is -4.09. The summed E-state index contributed by atoms with van der Waals surface area (Å²) in [6.07, 6.45) is -0.0948. The first-order valence-electron chi connectivity index (χ1n) is 6.20. The molecule has 20 heavy (non-hydrogen) atoms. The Morgan fingerprint density at radius 3 is 2.40 bits per heavy atom. The molecule has 1 heterocycles. The molecule has 7 heteroatoms. The smallest absolute Gasteiger partial charge is 0.410 e. The number of rotatable bonds is 1. The molecule has 0 N–H and O–H groups in total. The minimum atomic E-state index is -3.26. The third kappa shape index (κ3) is 4.47. The van der Waals surface area contributed by atoms with Gasteiger partial charge >= 0.3 is 12.1 Å². The molecule has 0 radical (unpaired) electrons. The molecule has 0 aromatic carbocycles. The topological polar surface area (TPSA) is 55.8 Å². The quantitative estimate of drug-likeness (QED) is 0.550. The average molecular weight is 291 g/mol. The number of methoxy groups -OCH3 is 1. The van der Waals surface area contributed by atoms with E-state index in [-0.39, 0.29) is 18.5 Å². The summed E-state index contributed by atoms with van der Waals surface area (Å²) in [6.45, 7) is 4.26. The van der Waals surface area contributed by atoms with Gasteiger partial charge in [-0.3, -0.25) is 0 Å². The number of hydrogen-bond acceptors (Lipinski definition) is 4. The maximum atomic E-state index is 13.9. The van der Waals surface area contributed by atoms with Gasteiger partial charge in [-0.2, -0.15) is 8.78 Å². The van der Waals surface area contributed by atoms with Crippen LogP contribution in [0.25, 0.3) is 0 Å². The molecule has 0 bridgehead atoms. The lowest BCUT2D eigenvalue weighted by Crippen LogP contribution is -2.48. The second-order valence-corrected chi connectivity index (χ2v) is 5.55. The summed E-state index contributed by atoms with van der Waals surface area (Å²) in [6, 6.07) is 0. The zero-order valence-electron chi connectivity index (χ0n) is 12.0. The van der Waals surface area contributed by atoms with Crippen LogP contribution in [0.4, 0.5) is 13.6 Å². The van der Waals surface area contributed by atoms with Gasteiger partial charge in [0.15, 0.2) is 0 Å². The summed E-state index contributed by atoms with van der Waals surface area (Å²) < 4.78 is 37.1. The van der Waals surface area contributed by atoms with Crippen molar-refractivity contribution in [2.45, 2.75) is 38.7 Å². The van der Waals surface area contributed by atoms with Crippen molar-refractivity contribution in [1.29, 1.82) is 0 Å². The molecule has 0 atom stereocenters. The molecule has 1 saturated heterocycles. The summed E-state index contributed by atoms with van der Waals surface area (Å²) in [5, 5.41) is 0. The molecule has 1 fully saturated rings. The van der Waals surface area contributed by atoms with Crippen molar-refractivity contribution < 1.29 is 27.8 Å². The van der Waals surface area contributed by atoms with Crippen molar-refractivity contribution in [1.82, 2.24) is 4.90 Å². The predicted molar refractivity (Wildman–Crippen MR) is 67.5 cm³/mol. The van der Waals surface area contributed by atoms with Gasteiger partial charge < -0.3 is 14.4 Å². The van der Waals surface area contributed by atoms with Crippen LogP contribution in [-0.2, 0) is 14.3 Å². The van der Waals surface area contributed by atoms with E-state index in [1.165, 1.54) is 0 Å². The SMILES string of the molecule is COC(=O)C=C1CCN(C(=O)OC(C)(C)C)CC1(F)F. The summed E-state index contributed by atoms with van der Waals surface area (Å²) in [4.78, 5) is 23.7. The predicted octanol–water partition coefficient (Wildman–Crippen LogP) is 2.36. The molecule has 5 nitrogen and oxygen atoms in total. The van der Waals surface area contributed by atoms with E-state index >= 15 is 0 Å². The highest BCUT2D eigenvalue weighted by atomic mass is 19.3. The van der Waals surface area contributed by atoms with Crippen LogP contribution in [0.15, 0.2) is 11.6 Å². The molecule has 0 unspecified atom stereocenters. The molecule has 0 spiro atoms. The number of halogens is 2. The number of carbonyl (C=O) groups is 2. The van der Waals surface area contributed by atoms with Crippen LogP contribution in [0.1, 0.15) is 27.2 Å². The van der Waals surface area contributed by atoms with Gasteiger partial charge in [0, 0.05) is 18.2 Å². The lowest BCUT2D eigenvalue weighted by Gasteiger charge is -2.35. The van der Waals surface area contributed by atoms with Crippen LogP contribution in [0.2, 0.25) is 0 Å². The van der Waals surface area contributed by atoms with Crippen molar-refractivity contribution in [3.05, 3.63) is 11.6 Å². The van der Waals surface area contributed by atoms with Crippen molar-refractivity contribution in [2.24, 2.45) is 0 Å². The number of esters is 1. The zero-order chi connectivity index (χ0) is 15.6. The zero-order valence-corrected chi connectivity index (χ0v) is 12.0. The van der Waals surface area contributed by atoms with Crippen molar-refractivity contribution in [3.8, 4) is 0 Å². The largest absolute Gasteiger partial charge is 0.466 e. The maximum Gasteiger partial charge on any atom is 0.410 e. The maximum absolute atomic E-state index is 13.9. The van der Waals surface area contributed by atoms with E-state index in [1.54, 1.807) is 20.8 Å². The van der Waals surface area contributed by atoms with Crippen LogP contribution >= 0.6 is 0 Å². The lowest BCUT2D eigenvalue weighted by molar-refractivity contribution is -0.135. The molecule has 0 aromatic heterocycles. The summed E-state index contributed by atoms with van der Waals surface area (Å²) in [7, 11) is 1.12. The Balaban J connectivity index is 2.76. The molecule has 1 aliphatic heterocycles. The van der Waals surface area contributed by atoms with E-state index in [0.29, 0.717) is 0 Å². The highest BCUT2D eigenvalue weighted by Gasteiger charge is 2.43. The summed E-state index contributed by atoms with van der Waals surface area (Å²) >= 11 is 0. The molecule has 1 amide bonds. The Morgan fingerprint density at radius 2 is 1.95 bits per heavy atom. The third-order valence-electron chi connectivity index (χ3n) is 2.66. The fourth-order valence-corrected chi connectivity index (χ4v) is 1.72. The van der Waals surface area contributed by atoms with Gasteiger partial charge in [0.1, 0.15) is 5.60 Å². The van der Waals surface area contributed by atoms with E-state index in [9.17, 15) is 18.4 Å². The van der Waals surface area contributed by atoms with Gasteiger partial charge in [-0.15, -0.1) is 0 Å². The normalized spacial score (nSPS) is 20.7. The molecule has 0 saturated carbocycles. The third-order valence-corrected chi connectivity index (χ3v) is 2.66.